The Morgan fingerprint density at radius 1 is 0.964 bits per heavy atom. The maximum Gasteiger partial charge on any atom is 0.253 e. The van der Waals surface area contributed by atoms with E-state index in [0.717, 1.165) is 22.3 Å². The molecule has 5 nitrogen and oxygen atoms in total. The molecular formula is C22H19FN2O3. The minimum Gasteiger partial charge on any atom is -0.339 e. The Morgan fingerprint density at radius 2 is 1.61 bits per heavy atom. The first-order valence-electron chi connectivity index (χ1n) is 8.73. The van der Waals surface area contributed by atoms with Crippen molar-refractivity contribution in [2.45, 2.75) is 12.6 Å². The Balaban J connectivity index is 1.97. The van der Waals surface area contributed by atoms with Gasteiger partial charge in [-0.2, -0.15) is 0 Å². The lowest BCUT2D eigenvalue weighted by molar-refractivity contribution is -0.132. The molecule has 3 aromatic rings. The SMILES string of the molecule is CN(Cc1ccccc1)C(=O)[C@@H](C(=O)c1ccc(F)cc1)n1ccccc1=O. The van der Waals surface area contributed by atoms with Crippen LogP contribution in [-0.4, -0.2) is 28.2 Å². The summed E-state index contributed by atoms with van der Waals surface area (Å²) >= 11 is 0. The van der Waals surface area contributed by atoms with E-state index in [9.17, 15) is 18.8 Å². The molecule has 0 N–H and O–H groups in total. The Kier molecular flexibility index (Phi) is 5.79. The lowest BCUT2D eigenvalue weighted by Crippen LogP contribution is -2.41. The number of amides is 1. The summed E-state index contributed by atoms with van der Waals surface area (Å²) in [6, 6.07) is 17.3. The number of likely N-dealkylation sites (N-methyl/N-ethyl adjacent to an activating group) is 1. The number of rotatable bonds is 6. The van der Waals surface area contributed by atoms with Gasteiger partial charge in [0.2, 0.25) is 0 Å². The van der Waals surface area contributed by atoms with E-state index in [4.69, 9.17) is 0 Å². The van der Waals surface area contributed by atoms with Crippen molar-refractivity contribution in [1.82, 2.24) is 9.47 Å². The van der Waals surface area contributed by atoms with Gasteiger partial charge in [0.05, 0.1) is 0 Å². The van der Waals surface area contributed by atoms with Gasteiger partial charge in [0.25, 0.3) is 11.5 Å². The number of hydrogen-bond donors (Lipinski definition) is 0. The number of aromatic nitrogens is 1. The molecule has 0 unspecified atom stereocenters. The van der Waals surface area contributed by atoms with Crippen LogP contribution in [0.4, 0.5) is 4.39 Å². The van der Waals surface area contributed by atoms with Crippen molar-refractivity contribution in [3.63, 3.8) is 0 Å². The summed E-state index contributed by atoms with van der Waals surface area (Å²) in [5.41, 5.74) is 0.583. The van der Waals surface area contributed by atoms with Crippen LogP contribution >= 0.6 is 0 Å². The average Bonchev–Trinajstić information content (AvgIpc) is 2.70. The van der Waals surface area contributed by atoms with E-state index in [1.54, 1.807) is 13.1 Å². The minimum absolute atomic E-state index is 0.156. The number of Topliss-reactive ketones (excluding diaryl/α,β-unsaturated/α-hetero) is 1. The maximum atomic E-state index is 13.2. The Morgan fingerprint density at radius 3 is 2.25 bits per heavy atom. The quantitative estimate of drug-likeness (QED) is 0.489. The summed E-state index contributed by atoms with van der Waals surface area (Å²) in [6.07, 6.45) is 1.41. The highest BCUT2D eigenvalue weighted by Crippen LogP contribution is 2.18. The third-order valence-electron chi connectivity index (χ3n) is 4.38. The van der Waals surface area contributed by atoms with Crippen LogP contribution in [0, 0.1) is 5.82 Å². The second-order valence-electron chi connectivity index (χ2n) is 6.40. The average molecular weight is 378 g/mol. The van der Waals surface area contributed by atoms with Gasteiger partial charge in [0.1, 0.15) is 5.82 Å². The van der Waals surface area contributed by atoms with Crippen LogP contribution in [0.15, 0.2) is 83.8 Å². The highest BCUT2D eigenvalue weighted by atomic mass is 19.1. The van der Waals surface area contributed by atoms with E-state index < -0.39 is 29.1 Å². The number of benzene rings is 2. The van der Waals surface area contributed by atoms with Gasteiger partial charge >= 0.3 is 0 Å². The number of nitrogens with zero attached hydrogens (tertiary/aromatic N) is 2. The van der Waals surface area contributed by atoms with Gasteiger partial charge in [-0.3, -0.25) is 19.0 Å². The number of hydrogen-bond acceptors (Lipinski definition) is 3. The molecule has 28 heavy (non-hydrogen) atoms. The zero-order chi connectivity index (χ0) is 20.1. The molecule has 0 saturated heterocycles. The van der Waals surface area contributed by atoms with Crippen LogP contribution < -0.4 is 5.56 Å². The molecule has 6 heteroatoms. The molecule has 1 atom stereocenters. The Hall–Kier alpha value is -3.54. The molecule has 1 aromatic heterocycles. The molecule has 0 aliphatic rings. The molecule has 3 rings (SSSR count). The van der Waals surface area contributed by atoms with Crippen LogP contribution in [0.25, 0.3) is 0 Å². The van der Waals surface area contributed by atoms with Crippen LogP contribution in [0.5, 0.6) is 0 Å². The first-order chi connectivity index (χ1) is 13.5. The Labute approximate surface area is 161 Å². The summed E-state index contributed by atoms with van der Waals surface area (Å²) in [4.78, 5) is 40.0. The van der Waals surface area contributed by atoms with Crippen LogP contribution in [0.3, 0.4) is 0 Å². The third-order valence-corrected chi connectivity index (χ3v) is 4.38. The van der Waals surface area contributed by atoms with Crippen molar-refractivity contribution in [2.75, 3.05) is 7.05 Å². The lowest BCUT2D eigenvalue weighted by atomic mass is 10.0. The van der Waals surface area contributed by atoms with Crippen LogP contribution in [-0.2, 0) is 11.3 Å². The molecule has 0 aliphatic carbocycles. The third kappa shape index (κ3) is 4.23. The van der Waals surface area contributed by atoms with E-state index in [1.807, 2.05) is 30.3 Å². The van der Waals surface area contributed by atoms with E-state index in [-0.39, 0.29) is 12.1 Å². The van der Waals surface area contributed by atoms with Gasteiger partial charge in [-0.1, -0.05) is 36.4 Å². The summed E-state index contributed by atoms with van der Waals surface area (Å²) in [5.74, 6) is -1.58. The van der Waals surface area contributed by atoms with Gasteiger partial charge in [-0.05, 0) is 35.9 Å². The molecule has 0 bridgehead atoms. The van der Waals surface area contributed by atoms with E-state index in [1.165, 1.54) is 35.4 Å². The number of carbonyl (C=O) groups is 2. The normalized spacial score (nSPS) is 11.6. The first-order valence-corrected chi connectivity index (χ1v) is 8.73. The molecule has 1 heterocycles. The molecule has 0 radical (unpaired) electrons. The monoisotopic (exact) mass is 378 g/mol. The fourth-order valence-electron chi connectivity index (χ4n) is 2.93. The highest BCUT2D eigenvalue weighted by molar-refractivity contribution is 6.11. The summed E-state index contributed by atoms with van der Waals surface area (Å²) in [6.45, 7) is 0.286. The summed E-state index contributed by atoms with van der Waals surface area (Å²) in [7, 11) is 1.58. The highest BCUT2D eigenvalue weighted by Gasteiger charge is 2.32. The van der Waals surface area contributed by atoms with Crippen molar-refractivity contribution in [3.8, 4) is 0 Å². The van der Waals surface area contributed by atoms with Crippen molar-refractivity contribution in [2.24, 2.45) is 0 Å². The number of ketones is 1. The maximum absolute atomic E-state index is 13.2. The molecule has 1 amide bonds. The molecule has 142 valence electrons. The van der Waals surface area contributed by atoms with Crippen molar-refractivity contribution in [1.29, 1.82) is 0 Å². The predicted molar refractivity (Wildman–Crippen MR) is 103 cm³/mol. The molecule has 0 spiro atoms. The van der Waals surface area contributed by atoms with E-state index in [0.29, 0.717) is 0 Å². The van der Waals surface area contributed by atoms with Crippen molar-refractivity contribution in [3.05, 3.63) is 106 Å². The predicted octanol–water partition coefficient (Wildman–Crippen LogP) is 3.07. The largest absolute Gasteiger partial charge is 0.339 e. The van der Waals surface area contributed by atoms with Gasteiger partial charge in [0, 0.05) is 31.4 Å². The van der Waals surface area contributed by atoms with Gasteiger partial charge < -0.3 is 4.90 Å². The standard InChI is InChI=1S/C22H19FN2O3/c1-24(15-16-7-3-2-4-8-16)22(28)20(25-14-6-5-9-19(25)26)21(27)17-10-12-18(23)13-11-17/h2-14,20H,15H2,1H3/t20-/m1/s1. The fraction of sp³-hybridized carbons (Fsp3) is 0.136. The topological polar surface area (TPSA) is 59.4 Å². The Bertz CT molecular complexity index is 1030. The fourth-order valence-corrected chi connectivity index (χ4v) is 2.93. The first kappa shape index (κ1) is 19.2. The minimum atomic E-state index is -1.37. The van der Waals surface area contributed by atoms with Crippen LogP contribution in [0.2, 0.25) is 0 Å². The summed E-state index contributed by atoms with van der Waals surface area (Å²) < 4.78 is 14.3. The zero-order valence-electron chi connectivity index (χ0n) is 15.3. The second kappa shape index (κ2) is 8.43. The van der Waals surface area contributed by atoms with Gasteiger partial charge in [-0.25, -0.2) is 4.39 Å². The lowest BCUT2D eigenvalue weighted by Gasteiger charge is -2.24. The zero-order valence-corrected chi connectivity index (χ0v) is 15.3. The van der Waals surface area contributed by atoms with E-state index in [2.05, 4.69) is 0 Å². The van der Waals surface area contributed by atoms with Crippen LogP contribution in [0.1, 0.15) is 22.0 Å². The number of pyridine rings is 1. The van der Waals surface area contributed by atoms with Gasteiger partial charge in [-0.15, -0.1) is 0 Å². The van der Waals surface area contributed by atoms with Crippen molar-refractivity contribution < 1.29 is 14.0 Å². The molecule has 0 saturated carbocycles. The van der Waals surface area contributed by atoms with Gasteiger partial charge in [0.15, 0.2) is 11.8 Å². The smallest absolute Gasteiger partial charge is 0.253 e. The second-order valence-corrected chi connectivity index (χ2v) is 6.40. The van der Waals surface area contributed by atoms with Crippen molar-refractivity contribution >= 4 is 11.7 Å². The number of carbonyl (C=O) groups excluding carboxylic acids is 2. The molecular weight excluding hydrogens is 359 g/mol. The molecule has 2 aromatic carbocycles. The van der Waals surface area contributed by atoms with E-state index >= 15 is 0 Å². The molecule has 0 aliphatic heterocycles. The number of halogens is 1. The molecule has 0 fully saturated rings. The summed E-state index contributed by atoms with van der Waals surface area (Å²) in [5, 5.41) is 0.